The van der Waals surface area contributed by atoms with E-state index in [1.165, 1.54) is 24.3 Å². The van der Waals surface area contributed by atoms with Crippen molar-refractivity contribution in [1.29, 1.82) is 0 Å². The zero-order valence-corrected chi connectivity index (χ0v) is 8.84. The average molecular weight is 238 g/mol. The van der Waals surface area contributed by atoms with Crippen LogP contribution in [0.25, 0.3) is 0 Å². The molecule has 1 aromatic rings. The highest BCUT2D eigenvalue weighted by molar-refractivity contribution is 6.05. The second-order valence-corrected chi connectivity index (χ2v) is 3.88. The summed E-state index contributed by atoms with van der Waals surface area (Å²) in [6, 6.07) is 3.27. The molecule has 0 radical (unpaired) electrons. The molecular weight excluding hydrogens is 227 g/mol. The molecule has 1 saturated heterocycles. The Kier molecular flexibility index (Phi) is 2.81. The number of halogens is 1. The van der Waals surface area contributed by atoms with Crippen molar-refractivity contribution in [1.82, 2.24) is 0 Å². The van der Waals surface area contributed by atoms with Crippen molar-refractivity contribution in [3.8, 4) is 0 Å². The van der Waals surface area contributed by atoms with Gasteiger partial charge in [-0.2, -0.15) is 0 Å². The van der Waals surface area contributed by atoms with Gasteiger partial charge < -0.3 is 10.8 Å². The second kappa shape index (κ2) is 4.14. The van der Waals surface area contributed by atoms with Crippen molar-refractivity contribution < 1.29 is 19.1 Å². The molecule has 1 aromatic carbocycles. The van der Waals surface area contributed by atoms with Crippen molar-refractivity contribution in [3.63, 3.8) is 0 Å². The topological polar surface area (TPSA) is 83.6 Å². The van der Waals surface area contributed by atoms with Crippen LogP contribution in [0.1, 0.15) is 6.42 Å². The van der Waals surface area contributed by atoms with Crippen LogP contribution >= 0.6 is 0 Å². The fourth-order valence-corrected chi connectivity index (χ4v) is 1.90. The molecular formula is C11H11FN2O3. The third kappa shape index (κ3) is 1.99. The highest BCUT2D eigenvalue weighted by Crippen LogP contribution is 2.26. The van der Waals surface area contributed by atoms with E-state index >= 15 is 0 Å². The maximum Gasteiger partial charge on any atom is 0.326 e. The van der Waals surface area contributed by atoms with Gasteiger partial charge in [-0.15, -0.1) is 0 Å². The van der Waals surface area contributed by atoms with Crippen LogP contribution in [0.4, 0.5) is 10.1 Å². The molecule has 0 bridgehead atoms. The number of nitrogens with two attached hydrogens (primary N) is 1. The molecule has 2 rings (SSSR count). The molecule has 90 valence electrons. The number of rotatable bonds is 2. The Labute approximate surface area is 96.6 Å². The van der Waals surface area contributed by atoms with Crippen molar-refractivity contribution in [3.05, 3.63) is 30.1 Å². The van der Waals surface area contributed by atoms with Crippen LogP contribution in [0.2, 0.25) is 0 Å². The van der Waals surface area contributed by atoms with Crippen molar-refractivity contribution in [2.24, 2.45) is 5.73 Å². The van der Waals surface area contributed by atoms with Gasteiger partial charge in [-0.1, -0.05) is 0 Å². The highest BCUT2D eigenvalue weighted by atomic mass is 19.1. The largest absolute Gasteiger partial charge is 0.480 e. The molecule has 1 aliphatic rings. The van der Waals surface area contributed by atoms with Crippen LogP contribution in [0.5, 0.6) is 0 Å². The number of carbonyl (C=O) groups is 2. The third-order valence-corrected chi connectivity index (χ3v) is 2.73. The quantitative estimate of drug-likeness (QED) is 0.778. The number of hydrogen-bond acceptors (Lipinski definition) is 3. The smallest absolute Gasteiger partial charge is 0.326 e. The second-order valence-electron chi connectivity index (χ2n) is 3.88. The van der Waals surface area contributed by atoms with Gasteiger partial charge in [-0.25, -0.2) is 9.18 Å². The summed E-state index contributed by atoms with van der Waals surface area (Å²) in [4.78, 5) is 23.9. The van der Waals surface area contributed by atoms with Gasteiger partial charge in [0.05, 0.1) is 6.04 Å². The lowest BCUT2D eigenvalue weighted by atomic mass is 10.2. The van der Waals surface area contributed by atoms with E-state index in [9.17, 15) is 14.0 Å². The number of anilines is 1. The van der Waals surface area contributed by atoms with Gasteiger partial charge in [0.25, 0.3) is 0 Å². The van der Waals surface area contributed by atoms with Crippen LogP contribution < -0.4 is 10.6 Å². The number of carbonyl (C=O) groups excluding carboxylic acids is 1. The van der Waals surface area contributed by atoms with E-state index in [4.69, 9.17) is 10.8 Å². The summed E-state index contributed by atoms with van der Waals surface area (Å²) in [6.07, 6.45) is 0.0611. The lowest BCUT2D eigenvalue weighted by molar-refractivity contribution is -0.138. The van der Waals surface area contributed by atoms with Gasteiger partial charge >= 0.3 is 5.97 Å². The standard InChI is InChI=1S/C11H11FN2O3/c12-6-1-3-7(4-2-6)14-9(11(16)17)5-8(13)10(14)15/h1-4,8-9H,5,13H2,(H,16,17)/t8-,9-/m0/s1. The summed E-state index contributed by atoms with van der Waals surface area (Å²) < 4.78 is 12.8. The molecule has 1 heterocycles. The normalized spacial score (nSPS) is 24.1. The summed E-state index contributed by atoms with van der Waals surface area (Å²) in [5.41, 5.74) is 5.88. The van der Waals surface area contributed by atoms with Crippen LogP contribution in [-0.2, 0) is 9.59 Å². The van der Waals surface area contributed by atoms with Gasteiger partial charge in [-0.3, -0.25) is 9.69 Å². The highest BCUT2D eigenvalue weighted by Gasteiger charge is 2.42. The Morgan fingerprint density at radius 1 is 1.41 bits per heavy atom. The Bertz CT molecular complexity index is 460. The molecule has 0 aromatic heterocycles. The zero-order chi connectivity index (χ0) is 12.6. The zero-order valence-electron chi connectivity index (χ0n) is 8.84. The van der Waals surface area contributed by atoms with Crippen molar-refractivity contribution in [2.75, 3.05) is 4.90 Å². The average Bonchev–Trinajstić information content (AvgIpc) is 2.57. The van der Waals surface area contributed by atoms with E-state index in [1.807, 2.05) is 0 Å². The molecule has 17 heavy (non-hydrogen) atoms. The maximum absolute atomic E-state index is 12.8. The lowest BCUT2D eigenvalue weighted by Gasteiger charge is -2.21. The fourth-order valence-electron chi connectivity index (χ4n) is 1.90. The van der Waals surface area contributed by atoms with Gasteiger partial charge in [0.1, 0.15) is 11.9 Å². The van der Waals surface area contributed by atoms with E-state index in [0.29, 0.717) is 5.69 Å². The number of carboxylic acid groups (broad SMARTS) is 1. The lowest BCUT2D eigenvalue weighted by Crippen LogP contribution is -2.40. The van der Waals surface area contributed by atoms with Crippen LogP contribution in [0.15, 0.2) is 24.3 Å². The van der Waals surface area contributed by atoms with Crippen LogP contribution in [0, 0.1) is 5.82 Å². The first kappa shape index (κ1) is 11.5. The van der Waals surface area contributed by atoms with Crippen molar-refractivity contribution in [2.45, 2.75) is 18.5 Å². The molecule has 5 nitrogen and oxygen atoms in total. The minimum Gasteiger partial charge on any atom is -0.480 e. The molecule has 2 atom stereocenters. The molecule has 1 aliphatic heterocycles. The first-order valence-corrected chi connectivity index (χ1v) is 5.07. The van der Waals surface area contributed by atoms with E-state index in [2.05, 4.69) is 0 Å². The summed E-state index contributed by atoms with van der Waals surface area (Å²) in [7, 11) is 0. The van der Waals surface area contributed by atoms with E-state index in [0.717, 1.165) is 4.90 Å². The van der Waals surface area contributed by atoms with E-state index < -0.39 is 29.8 Å². The molecule has 0 spiro atoms. The minimum atomic E-state index is -1.12. The van der Waals surface area contributed by atoms with Crippen LogP contribution in [-0.4, -0.2) is 29.1 Å². The molecule has 0 unspecified atom stereocenters. The minimum absolute atomic E-state index is 0.0611. The van der Waals surface area contributed by atoms with Gasteiger partial charge in [0.2, 0.25) is 5.91 Å². The number of nitrogens with zero attached hydrogens (tertiary/aromatic N) is 1. The SMILES string of the molecule is N[C@H]1C[C@@H](C(=O)O)N(c2ccc(F)cc2)C1=O. The Morgan fingerprint density at radius 2 is 2.00 bits per heavy atom. The van der Waals surface area contributed by atoms with Gasteiger partial charge in [0, 0.05) is 12.1 Å². The number of benzene rings is 1. The number of aliphatic carboxylic acids is 1. The first-order valence-electron chi connectivity index (χ1n) is 5.07. The summed E-state index contributed by atoms with van der Waals surface area (Å²) in [5.74, 6) is -2.02. The molecule has 6 heteroatoms. The Morgan fingerprint density at radius 3 is 2.53 bits per heavy atom. The molecule has 1 amide bonds. The van der Waals surface area contributed by atoms with Gasteiger partial charge in [0.15, 0.2) is 0 Å². The van der Waals surface area contributed by atoms with E-state index in [-0.39, 0.29) is 6.42 Å². The monoisotopic (exact) mass is 238 g/mol. The number of amides is 1. The molecule has 0 saturated carbocycles. The van der Waals surface area contributed by atoms with Crippen LogP contribution in [0.3, 0.4) is 0 Å². The van der Waals surface area contributed by atoms with E-state index in [1.54, 1.807) is 0 Å². The third-order valence-electron chi connectivity index (χ3n) is 2.73. The maximum atomic E-state index is 12.8. The fraction of sp³-hybridized carbons (Fsp3) is 0.273. The predicted octanol–water partition coefficient (Wildman–Crippen LogP) is 0.343. The first-order chi connectivity index (χ1) is 8.00. The summed E-state index contributed by atoms with van der Waals surface area (Å²) >= 11 is 0. The predicted molar refractivity (Wildman–Crippen MR) is 57.9 cm³/mol. The Balaban J connectivity index is 2.37. The molecule has 3 N–H and O–H groups in total. The van der Waals surface area contributed by atoms with Crippen molar-refractivity contribution >= 4 is 17.6 Å². The number of hydrogen-bond donors (Lipinski definition) is 2. The van der Waals surface area contributed by atoms with Gasteiger partial charge in [-0.05, 0) is 24.3 Å². The molecule has 1 fully saturated rings. The summed E-state index contributed by atoms with van der Waals surface area (Å²) in [6.45, 7) is 0. The number of carboxylic acids is 1. The molecule has 0 aliphatic carbocycles. The summed E-state index contributed by atoms with van der Waals surface area (Å²) in [5, 5.41) is 9.01. The Hall–Kier alpha value is -1.95.